The first-order valence-electron chi connectivity index (χ1n) is 6.40. The standard InChI is InChI=1S/C16H14O5/c1-7-4-9(17)5-12-13(7)15(19)14-10(18)6-11(20-3)8(2)16(14)21-12/h4-6,17-18H,1-3H3. The fourth-order valence-corrected chi connectivity index (χ4v) is 2.62. The molecule has 0 atom stereocenters. The van der Waals surface area contributed by atoms with Crippen molar-refractivity contribution in [2.24, 2.45) is 0 Å². The van der Waals surface area contributed by atoms with Crippen molar-refractivity contribution >= 4 is 21.9 Å². The molecule has 108 valence electrons. The van der Waals surface area contributed by atoms with Crippen molar-refractivity contribution in [2.45, 2.75) is 13.8 Å². The van der Waals surface area contributed by atoms with E-state index in [9.17, 15) is 15.0 Å². The molecule has 0 fully saturated rings. The molecule has 3 aromatic rings. The first-order valence-corrected chi connectivity index (χ1v) is 6.40. The van der Waals surface area contributed by atoms with Crippen LogP contribution in [0, 0.1) is 13.8 Å². The van der Waals surface area contributed by atoms with Crippen LogP contribution in [0.15, 0.2) is 27.4 Å². The van der Waals surface area contributed by atoms with Gasteiger partial charge in [-0.15, -0.1) is 0 Å². The summed E-state index contributed by atoms with van der Waals surface area (Å²) in [7, 11) is 1.47. The fourth-order valence-electron chi connectivity index (χ4n) is 2.62. The molecule has 5 nitrogen and oxygen atoms in total. The second kappa shape index (κ2) is 4.41. The highest BCUT2D eigenvalue weighted by Gasteiger charge is 2.18. The minimum Gasteiger partial charge on any atom is -0.508 e. The van der Waals surface area contributed by atoms with Gasteiger partial charge in [0.1, 0.15) is 33.8 Å². The van der Waals surface area contributed by atoms with E-state index in [4.69, 9.17) is 9.15 Å². The van der Waals surface area contributed by atoms with Gasteiger partial charge in [0, 0.05) is 17.7 Å². The first-order chi connectivity index (χ1) is 9.93. The summed E-state index contributed by atoms with van der Waals surface area (Å²) in [5.74, 6) is 0.266. The van der Waals surface area contributed by atoms with E-state index in [1.165, 1.54) is 25.3 Å². The minimum absolute atomic E-state index is 0.0206. The van der Waals surface area contributed by atoms with Crippen molar-refractivity contribution in [1.82, 2.24) is 0 Å². The van der Waals surface area contributed by atoms with Crippen LogP contribution < -0.4 is 10.2 Å². The zero-order valence-corrected chi connectivity index (χ0v) is 11.9. The van der Waals surface area contributed by atoms with E-state index in [0.29, 0.717) is 22.3 Å². The van der Waals surface area contributed by atoms with Crippen LogP contribution in [0.5, 0.6) is 17.2 Å². The normalized spacial score (nSPS) is 11.2. The molecule has 0 saturated heterocycles. The van der Waals surface area contributed by atoms with Gasteiger partial charge in [-0.05, 0) is 25.5 Å². The molecule has 0 amide bonds. The topological polar surface area (TPSA) is 79.9 Å². The average molecular weight is 286 g/mol. The number of rotatable bonds is 1. The number of aromatic hydroxyl groups is 2. The van der Waals surface area contributed by atoms with E-state index in [1.807, 2.05) is 0 Å². The summed E-state index contributed by atoms with van der Waals surface area (Å²) in [4.78, 5) is 12.7. The van der Waals surface area contributed by atoms with Gasteiger partial charge in [0.25, 0.3) is 0 Å². The third-order valence-electron chi connectivity index (χ3n) is 3.63. The van der Waals surface area contributed by atoms with Crippen molar-refractivity contribution in [3.05, 3.63) is 39.5 Å². The molecule has 0 spiro atoms. The van der Waals surface area contributed by atoms with E-state index in [0.717, 1.165) is 0 Å². The van der Waals surface area contributed by atoms with Crippen molar-refractivity contribution in [2.75, 3.05) is 7.11 Å². The summed E-state index contributed by atoms with van der Waals surface area (Å²) in [6.45, 7) is 3.45. The van der Waals surface area contributed by atoms with Crippen molar-refractivity contribution in [1.29, 1.82) is 0 Å². The Labute approximate surface area is 120 Å². The monoisotopic (exact) mass is 286 g/mol. The van der Waals surface area contributed by atoms with Gasteiger partial charge in [-0.1, -0.05) is 0 Å². The zero-order chi connectivity index (χ0) is 15.3. The van der Waals surface area contributed by atoms with Crippen molar-refractivity contribution in [3.8, 4) is 17.2 Å². The predicted octanol–water partition coefficient (Wildman–Crippen LogP) is 2.98. The van der Waals surface area contributed by atoms with Crippen LogP contribution in [-0.4, -0.2) is 17.3 Å². The highest BCUT2D eigenvalue weighted by atomic mass is 16.5. The molecular formula is C16H14O5. The summed E-state index contributed by atoms with van der Waals surface area (Å²) >= 11 is 0. The molecule has 2 aromatic carbocycles. The Morgan fingerprint density at radius 2 is 1.81 bits per heavy atom. The number of methoxy groups -OCH3 is 1. The van der Waals surface area contributed by atoms with Gasteiger partial charge < -0.3 is 19.4 Å². The van der Waals surface area contributed by atoms with Crippen LogP contribution >= 0.6 is 0 Å². The van der Waals surface area contributed by atoms with Crippen LogP contribution in [0.2, 0.25) is 0 Å². The average Bonchev–Trinajstić information content (AvgIpc) is 2.41. The Hall–Kier alpha value is -2.69. The lowest BCUT2D eigenvalue weighted by atomic mass is 10.0. The van der Waals surface area contributed by atoms with Gasteiger partial charge in [-0.3, -0.25) is 4.79 Å². The van der Waals surface area contributed by atoms with Crippen LogP contribution in [0.25, 0.3) is 21.9 Å². The number of phenolic OH excluding ortho intramolecular Hbond substituents is 2. The predicted molar refractivity (Wildman–Crippen MR) is 79.3 cm³/mol. The summed E-state index contributed by atoms with van der Waals surface area (Å²) in [6.07, 6.45) is 0. The van der Waals surface area contributed by atoms with Crippen LogP contribution in [0.1, 0.15) is 11.1 Å². The maximum Gasteiger partial charge on any atom is 0.204 e. The SMILES string of the molecule is COc1cc(O)c2c(=O)c3c(C)cc(O)cc3oc2c1C. The molecule has 0 radical (unpaired) electrons. The van der Waals surface area contributed by atoms with Crippen molar-refractivity contribution < 1.29 is 19.4 Å². The lowest BCUT2D eigenvalue weighted by Gasteiger charge is -2.11. The van der Waals surface area contributed by atoms with E-state index in [1.54, 1.807) is 13.8 Å². The summed E-state index contributed by atoms with van der Waals surface area (Å²) < 4.78 is 10.9. The molecule has 0 aliphatic rings. The number of hydrogen-bond donors (Lipinski definition) is 2. The van der Waals surface area contributed by atoms with Gasteiger partial charge in [-0.25, -0.2) is 0 Å². The summed E-state index contributed by atoms with van der Waals surface area (Å²) in [5, 5.41) is 20.2. The lowest BCUT2D eigenvalue weighted by molar-refractivity contribution is 0.405. The zero-order valence-electron chi connectivity index (χ0n) is 11.9. The van der Waals surface area contributed by atoms with E-state index in [-0.39, 0.29) is 33.5 Å². The Balaban J connectivity index is 2.63. The molecule has 0 aliphatic carbocycles. The molecule has 0 bridgehead atoms. The second-order valence-electron chi connectivity index (χ2n) is 4.99. The number of ether oxygens (including phenoxy) is 1. The smallest absolute Gasteiger partial charge is 0.204 e. The fraction of sp³-hybridized carbons (Fsp3) is 0.188. The Morgan fingerprint density at radius 1 is 1.10 bits per heavy atom. The van der Waals surface area contributed by atoms with Gasteiger partial charge in [-0.2, -0.15) is 0 Å². The molecule has 21 heavy (non-hydrogen) atoms. The number of benzene rings is 2. The molecule has 1 heterocycles. The first kappa shape index (κ1) is 13.3. The molecule has 5 heteroatoms. The number of hydrogen-bond acceptors (Lipinski definition) is 5. The number of fused-ring (bicyclic) bond motifs is 2. The lowest BCUT2D eigenvalue weighted by Crippen LogP contribution is -2.05. The van der Waals surface area contributed by atoms with E-state index < -0.39 is 0 Å². The van der Waals surface area contributed by atoms with Crippen LogP contribution in [-0.2, 0) is 0 Å². The van der Waals surface area contributed by atoms with Gasteiger partial charge >= 0.3 is 0 Å². The third kappa shape index (κ3) is 1.81. The Morgan fingerprint density at radius 3 is 2.48 bits per heavy atom. The molecular weight excluding hydrogens is 272 g/mol. The van der Waals surface area contributed by atoms with Gasteiger partial charge in [0.2, 0.25) is 5.43 Å². The largest absolute Gasteiger partial charge is 0.508 e. The maximum atomic E-state index is 12.7. The molecule has 0 aliphatic heterocycles. The molecule has 0 saturated carbocycles. The molecule has 3 rings (SSSR count). The van der Waals surface area contributed by atoms with Crippen LogP contribution in [0.3, 0.4) is 0 Å². The number of phenols is 2. The highest BCUT2D eigenvalue weighted by Crippen LogP contribution is 2.35. The molecule has 0 unspecified atom stereocenters. The quantitative estimate of drug-likeness (QED) is 0.672. The van der Waals surface area contributed by atoms with Gasteiger partial charge in [0.05, 0.1) is 12.5 Å². The minimum atomic E-state index is -0.327. The van der Waals surface area contributed by atoms with E-state index >= 15 is 0 Å². The summed E-state index contributed by atoms with van der Waals surface area (Å²) in [6, 6.07) is 4.27. The highest BCUT2D eigenvalue weighted by molar-refractivity contribution is 5.97. The van der Waals surface area contributed by atoms with Crippen molar-refractivity contribution in [3.63, 3.8) is 0 Å². The molecule has 2 N–H and O–H groups in total. The number of aryl methyl sites for hydroxylation is 2. The summed E-state index contributed by atoms with van der Waals surface area (Å²) in [5.41, 5.74) is 1.42. The van der Waals surface area contributed by atoms with Gasteiger partial charge in [0.15, 0.2) is 0 Å². The second-order valence-corrected chi connectivity index (χ2v) is 4.99. The molecule has 1 aromatic heterocycles. The third-order valence-corrected chi connectivity index (χ3v) is 3.63. The Kier molecular flexibility index (Phi) is 2.79. The maximum absolute atomic E-state index is 12.7. The van der Waals surface area contributed by atoms with E-state index in [2.05, 4.69) is 0 Å². The Bertz CT molecular complexity index is 937. The van der Waals surface area contributed by atoms with Crippen LogP contribution in [0.4, 0.5) is 0 Å².